The highest BCUT2D eigenvalue weighted by Gasteiger charge is 2.33. The lowest BCUT2D eigenvalue weighted by Gasteiger charge is -2.44. The van der Waals surface area contributed by atoms with Gasteiger partial charge in [-0.15, -0.1) is 0 Å². The summed E-state index contributed by atoms with van der Waals surface area (Å²) in [5.41, 5.74) is 3.02. The fourth-order valence-corrected chi connectivity index (χ4v) is 5.04. The number of methoxy groups -OCH3 is 1. The first kappa shape index (κ1) is 23.8. The van der Waals surface area contributed by atoms with Crippen molar-refractivity contribution in [3.63, 3.8) is 0 Å². The number of carboxylic acid groups (broad SMARTS) is 1. The summed E-state index contributed by atoms with van der Waals surface area (Å²) in [7, 11) is 3.39. The van der Waals surface area contributed by atoms with Crippen LogP contribution < -0.4 is 9.64 Å². The molecule has 1 amide bonds. The molecule has 2 aromatic carbocycles. The average Bonchev–Trinajstić information content (AvgIpc) is 3.20. The van der Waals surface area contributed by atoms with E-state index in [9.17, 15) is 9.90 Å². The third kappa shape index (κ3) is 4.28. The lowest BCUT2D eigenvalue weighted by atomic mass is 10.0. The van der Waals surface area contributed by atoms with Crippen LogP contribution in [0.3, 0.4) is 0 Å². The van der Waals surface area contributed by atoms with Crippen LogP contribution in [0.2, 0.25) is 0 Å². The predicted octanol–water partition coefficient (Wildman–Crippen LogP) is 4.49. The molecule has 1 saturated heterocycles. The van der Waals surface area contributed by atoms with Gasteiger partial charge in [0.15, 0.2) is 12.6 Å². The van der Waals surface area contributed by atoms with E-state index in [4.69, 9.17) is 9.47 Å². The zero-order chi connectivity index (χ0) is 25.6. The summed E-state index contributed by atoms with van der Waals surface area (Å²) in [4.78, 5) is 19.7. The quantitative estimate of drug-likeness (QED) is 0.410. The van der Waals surface area contributed by atoms with Crippen molar-refractivity contribution < 1.29 is 23.8 Å². The lowest BCUT2D eigenvalue weighted by molar-refractivity contribution is 0.0516. The number of rotatable bonds is 5. The normalized spacial score (nSPS) is 18.2. The molecule has 0 spiro atoms. The van der Waals surface area contributed by atoms with Crippen LogP contribution >= 0.6 is 0 Å². The van der Waals surface area contributed by atoms with Crippen LogP contribution in [-0.4, -0.2) is 69.9 Å². The number of piperazine rings is 1. The van der Waals surface area contributed by atoms with Crippen LogP contribution in [0.1, 0.15) is 13.8 Å². The molecule has 0 radical (unpaired) electrons. The molecule has 0 saturated carbocycles. The van der Waals surface area contributed by atoms with Gasteiger partial charge in [0.1, 0.15) is 11.3 Å². The van der Waals surface area contributed by atoms with Crippen molar-refractivity contribution in [1.82, 2.24) is 19.7 Å². The van der Waals surface area contributed by atoms with E-state index >= 15 is 4.39 Å². The number of fused-ring (bicyclic) bond motifs is 2. The van der Waals surface area contributed by atoms with Crippen LogP contribution in [0.25, 0.3) is 33.1 Å². The Morgan fingerprint density at radius 2 is 1.89 bits per heavy atom. The standard InChI is InChI=1S/C26H28FN5O4/c1-15-11-31(12-16(2)32(15)26(33)34)19-7-17-5-6-22(28-25(17)21(27)9-19)20-8-18-13-30(3)29-23(18)10-24(20)36-14-35-4/h5-10,13,15-16H,11-12,14H2,1-4H3,(H,33,34)/t15-,16-/m0/s1. The Bertz CT molecular complexity index is 1440. The molecule has 2 aromatic heterocycles. The van der Waals surface area contributed by atoms with E-state index in [1.54, 1.807) is 11.8 Å². The van der Waals surface area contributed by atoms with E-state index < -0.39 is 11.9 Å². The number of carbonyl (C=O) groups is 1. The molecule has 5 rings (SSSR count). The van der Waals surface area contributed by atoms with Crippen molar-refractivity contribution >= 4 is 33.6 Å². The van der Waals surface area contributed by atoms with Crippen LogP contribution in [0, 0.1) is 5.82 Å². The van der Waals surface area contributed by atoms with Crippen molar-refractivity contribution in [2.24, 2.45) is 7.05 Å². The number of ether oxygens (including phenoxy) is 2. The molecule has 1 aliphatic rings. The zero-order valence-electron chi connectivity index (χ0n) is 20.6. The van der Waals surface area contributed by atoms with Gasteiger partial charge in [0.25, 0.3) is 0 Å². The Balaban J connectivity index is 1.52. The maximum absolute atomic E-state index is 15.4. The summed E-state index contributed by atoms with van der Waals surface area (Å²) in [5.74, 6) is 0.110. The number of benzene rings is 2. The van der Waals surface area contributed by atoms with Gasteiger partial charge in [-0.3, -0.25) is 9.58 Å². The van der Waals surface area contributed by atoms with Crippen molar-refractivity contribution in [2.75, 3.05) is 31.9 Å². The molecule has 1 aliphatic heterocycles. The number of nitrogens with zero attached hydrogens (tertiary/aromatic N) is 5. The van der Waals surface area contributed by atoms with Crippen LogP contribution in [0.15, 0.2) is 42.6 Å². The molecule has 3 heterocycles. The number of aromatic nitrogens is 3. The maximum atomic E-state index is 15.4. The number of halogens is 1. The number of hydrogen-bond donors (Lipinski definition) is 1. The summed E-state index contributed by atoms with van der Waals surface area (Å²) in [6.07, 6.45) is 0.966. The van der Waals surface area contributed by atoms with E-state index in [1.165, 1.54) is 11.0 Å². The topological polar surface area (TPSA) is 93.0 Å². The minimum absolute atomic E-state index is 0.0582. The Morgan fingerprint density at radius 1 is 1.14 bits per heavy atom. The molecule has 188 valence electrons. The smallest absolute Gasteiger partial charge is 0.407 e. The van der Waals surface area contributed by atoms with Gasteiger partial charge in [-0.2, -0.15) is 5.10 Å². The first-order valence-electron chi connectivity index (χ1n) is 11.7. The Hall–Kier alpha value is -3.92. The molecule has 36 heavy (non-hydrogen) atoms. The maximum Gasteiger partial charge on any atom is 0.407 e. The van der Waals surface area contributed by atoms with E-state index in [-0.39, 0.29) is 24.4 Å². The molecule has 1 N–H and O–H groups in total. The van der Waals surface area contributed by atoms with Crippen LogP contribution in [0.4, 0.5) is 14.9 Å². The Labute approximate surface area is 207 Å². The molecule has 0 bridgehead atoms. The highest BCUT2D eigenvalue weighted by molar-refractivity contribution is 5.90. The van der Waals surface area contributed by atoms with E-state index in [2.05, 4.69) is 10.1 Å². The number of hydrogen-bond acceptors (Lipinski definition) is 6. The number of pyridine rings is 1. The second kappa shape index (κ2) is 9.27. The number of amides is 1. The lowest BCUT2D eigenvalue weighted by Crippen LogP contribution is -2.58. The molecule has 9 nitrogen and oxygen atoms in total. The van der Waals surface area contributed by atoms with E-state index in [0.29, 0.717) is 41.2 Å². The molecule has 10 heteroatoms. The fraction of sp³-hybridized carbons (Fsp3) is 0.346. The van der Waals surface area contributed by atoms with E-state index in [0.717, 1.165) is 10.9 Å². The summed E-state index contributed by atoms with van der Waals surface area (Å²) in [6.45, 7) is 4.76. The fourth-order valence-electron chi connectivity index (χ4n) is 5.04. The van der Waals surface area contributed by atoms with Gasteiger partial charge in [0.05, 0.1) is 23.3 Å². The van der Waals surface area contributed by atoms with Crippen molar-refractivity contribution in [2.45, 2.75) is 25.9 Å². The van der Waals surface area contributed by atoms with Crippen LogP contribution in [-0.2, 0) is 11.8 Å². The first-order chi connectivity index (χ1) is 17.2. The van der Waals surface area contributed by atoms with Crippen molar-refractivity contribution in [3.05, 3.63) is 48.4 Å². The minimum atomic E-state index is -0.936. The van der Waals surface area contributed by atoms with Crippen molar-refractivity contribution in [3.8, 4) is 17.0 Å². The summed E-state index contributed by atoms with van der Waals surface area (Å²) >= 11 is 0. The number of anilines is 1. The molecule has 4 aromatic rings. The van der Waals surface area contributed by atoms with Gasteiger partial charge in [-0.05, 0) is 38.1 Å². The van der Waals surface area contributed by atoms with Gasteiger partial charge >= 0.3 is 6.09 Å². The summed E-state index contributed by atoms with van der Waals surface area (Å²) in [5, 5.41) is 15.5. The Morgan fingerprint density at radius 3 is 2.58 bits per heavy atom. The van der Waals surface area contributed by atoms with Gasteiger partial charge < -0.3 is 19.5 Å². The first-order valence-corrected chi connectivity index (χ1v) is 11.7. The number of aryl methyl sites for hydroxylation is 1. The van der Waals surface area contributed by atoms with Gasteiger partial charge in [0, 0.05) is 61.5 Å². The molecular weight excluding hydrogens is 465 g/mol. The second-order valence-electron chi connectivity index (χ2n) is 9.25. The van der Waals surface area contributed by atoms with E-state index in [1.807, 2.05) is 62.3 Å². The van der Waals surface area contributed by atoms with Gasteiger partial charge in [0.2, 0.25) is 0 Å². The highest BCUT2D eigenvalue weighted by Crippen LogP contribution is 2.35. The minimum Gasteiger partial charge on any atom is -0.467 e. The summed E-state index contributed by atoms with van der Waals surface area (Å²) < 4.78 is 28.0. The van der Waals surface area contributed by atoms with Crippen LogP contribution in [0.5, 0.6) is 5.75 Å². The zero-order valence-corrected chi connectivity index (χ0v) is 20.6. The average molecular weight is 494 g/mol. The third-order valence-electron chi connectivity index (χ3n) is 6.56. The third-order valence-corrected chi connectivity index (χ3v) is 6.56. The molecule has 0 unspecified atom stereocenters. The predicted molar refractivity (Wildman–Crippen MR) is 135 cm³/mol. The van der Waals surface area contributed by atoms with Crippen molar-refractivity contribution in [1.29, 1.82) is 0 Å². The largest absolute Gasteiger partial charge is 0.467 e. The highest BCUT2D eigenvalue weighted by atomic mass is 19.1. The Kier molecular flexibility index (Phi) is 6.13. The second-order valence-corrected chi connectivity index (χ2v) is 9.25. The molecule has 0 aliphatic carbocycles. The molecule has 1 fully saturated rings. The van der Waals surface area contributed by atoms with Gasteiger partial charge in [-0.1, -0.05) is 6.07 Å². The van der Waals surface area contributed by atoms with Gasteiger partial charge in [-0.25, -0.2) is 14.2 Å². The molecular formula is C26H28FN5O4. The SMILES string of the molecule is COCOc1cc2nn(C)cc2cc1-c1ccc2cc(N3C[C@H](C)N(C(=O)O)[C@@H](C)C3)cc(F)c2n1. The summed E-state index contributed by atoms with van der Waals surface area (Å²) in [6, 6.07) is 10.4. The monoisotopic (exact) mass is 493 g/mol. The molecule has 2 atom stereocenters.